The van der Waals surface area contributed by atoms with Crippen LogP contribution in [0.1, 0.15) is 16.0 Å². The van der Waals surface area contributed by atoms with Crippen LogP contribution in [0.15, 0.2) is 67.7 Å². The molecule has 0 saturated heterocycles. The highest BCUT2D eigenvalue weighted by Gasteiger charge is 2.09. The van der Waals surface area contributed by atoms with Gasteiger partial charge in [-0.25, -0.2) is 5.43 Å². The molecular formula is C21H18N4OS4. The SMILES string of the molecule is Cc1ccsc1/C=N\NC(=O)CSc1nnc(SCc2cccc3ccccc23)s1. The van der Waals surface area contributed by atoms with E-state index in [1.807, 2.05) is 18.4 Å². The third kappa shape index (κ3) is 5.48. The number of hydrogen-bond donors (Lipinski definition) is 1. The van der Waals surface area contributed by atoms with Crippen LogP contribution in [0.5, 0.6) is 0 Å². The van der Waals surface area contributed by atoms with Crippen LogP contribution in [-0.2, 0) is 10.5 Å². The molecule has 2 aromatic heterocycles. The first-order valence-electron chi connectivity index (χ1n) is 9.11. The molecule has 0 unspecified atom stereocenters. The van der Waals surface area contributed by atoms with Crippen molar-refractivity contribution in [3.8, 4) is 0 Å². The van der Waals surface area contributed by atoms with Crippen LogP contribution in [0.3, 0.4) is 0 Å². The van der Waals surface area contributed by atoms with E-state index >= 15 is 0 Å². The Balaban J connectivity index is 1.26. The van der Waals surface area contributed by atoms with Gasteiger partial charge in [0.25, 0.3) is 5.91 Å². The summed E-state index contributed by atoms with van der Waals surface area (Å²) in [6, 6.07) is 16.8. The maximum atomic E-state index is 12.0. The van der Waals surface area contributed by atoms with E-state index in [4.69, 9.17) is 0 Å². The minimum Gasteiger partial charge on any atom is -0.272 e. The van der Waals surface area contributed by atoms with E-state index in [9.17, 15) is 4.79 Å². The van der Waals surface area contributed by atoms with E-state index in [-0.39, 0.29) is 11.7 Å². The summed E-state index contributed by atoms with van der Waals surface area (Å²) < 4.78 is 1.68. The van der Waals surface area contributed by atoms with Crippen LogP contribution < -0.4 is 5.43 Å². The molecule has 0 fully saturated rings. The molecule has 0 saturated carbocycles. The number of carbonyl (C=O) groups excluding carboxylic acids is 1. The lowest BCUT2D eigenvalue weighted by molar-refractivity contribution is -0.118. The van der Waals surface area contributed by atoms with Crippen LogP contribution in [0.25, 0.3) is 10.8 Å². The molecule has 0 atom stereocenters. The Labute approximate surface area is 191 Å². The largest absolute Gasteiger partial charge is 0.272 e. The first-order valence-corrected chi connectivity index (χ1v) is 12.8. The topological polar surface area (TPSA) is 67.2 Å². The normalized spacial score (nSPS) is 11.4. The highest BCUT2D eigenvalue weighted by atomic mass is 32.2. The van der Waals surface area contributed by atoms with Crippen molar-refractivity contribution in [1.29, 1.82) is 0 Å². The van der Waals surface area contributed by atoms with Crippen molar-refractivity contribution < 1.29 is 4.79 Å². The maximum absolute atomic E-state index is 12.0. The second-order valence-electron chi connectivity index (χ2n) is 6.31. The van der Waals surface area contributed by atoms with E-state index in [2.05, 4.69) is 63.2 Å². The summed E-state index contributed by atoms with van der Waals surface area (Å²) in [4.78, 5) is 13.0. The summed E-state index contributed by atoms with van der Waals surface area (Å²) in [5.74, 6) is 0.923. The molecule has 4 rings (SSSR count). The number of benzene rings is 2. The fourth-order valence-corrected chi connectivity index (χ4v) is 6.31. The molecule has 0 aliphatic rings. The standard InChI is InChI=1S/C21H18N4OS4/c1-14-9-10-27-18(14)11-22-23-19(26)13-29-21-25-24-20(30-21)28-12-16-7-4-6-15-5-2-3-8-17(15)16/h2-11H,12-13H2,1H3,(H,23,26)/b22-11-. The molecule has 0 aliphatic carbocycles. The number of aryl methyl sites for hydroxylation is 1. The van der Waals surface area contributed by atoms with Crippen LogP contribution in [0.2, 0.25) is 0 Å². The predicted octanol–water partition coefficient (Wildman–Crippen LogP) is 5.60. The van der Waals surface area contributed by atoms with Gasteiger partial charge >= 0.3 is 0 Å². The number of hydrogen-bond acceptors (Lipinski definition) is 8. The number of carbonyl (C=O) groups is 1. The molecule has 0 spiro atoms. The molecule has 4 aromatic rings. The number of fused-ring (bicyclic) bond motifs is 1. The Bertz CT molecular complexity index is 1180. The molecule has 152 valence electrons. The molecule has 5 nitrogen and oxygen atoms in total. The maximum Gasteiger partial charge on any atom is 0.250 e. The van der Waals surface area contributed by atoms with Gasteiger partial charge in [-0.15, -0.1) is 21.5 Å². The molecule has 2 aromatic carbocycles. The number of nitrogens with one attached hydrogen (secondary N) is 1. The van der Waals surface area contributed by atoms with Gasteiger partial charge in [0.1, 0.15) is 0 Å². The number of aromatic nitrogens is 2. The Morgan fingerprint density at radius 2 is 1.90 bits per heavy atom. The van der Waals surface area contributed by atoms with Crippen molar-refractivity contribution in [2.75, 3.05) is 5.75 Å². The Hall–Kier alpha value is -2.20. The number of rotatable bonds is 8. The van der Waals surface area contributed by atoms with E-state index < -0.39 is 0 Å². The van der Waals surface area contributed by atoms with Crippen molar-refractivity contribution in [3.05, 3.63) is 69.9 Å². The van der Waals surface area contributed by atoms with Crippen LogP contribution >= 0.6 is 46.2 Å². The lowest BCUT2D eigenvalue weighted by Crippen LogP contribution is -2.19. The lowest BCUT2D eigenvalue weighted by atomic mass is 10.1. The quantitative estimate of drug-likeness (QED) is 0.206. The highest BCUT2D eigenvalue weighted by molar-refractivity contribution is 8.03. The van der Waals surface area contributed by atoms with E-state index in [0.29, 0.717) is 0 Å². The zero-order valence-electron chi connectivity index (χ0n) is 16.1. The average molecular weight is 471 g/mol. The van der Waals surface area contributed by atoms with Gasteiger partial charge in [0.05, 0.1) is 12.0 Å². The molecule has 2 heterocycles. The molecule has 0 aliphatic heterocycles. The van der Waals surface area contributed by atoms with Crippen molar-refractivity contribution in [2.24, 2.45) is 5.10 Å². The predicted molar refractivity (Wildman–Crippen MR) is 129 cm³/mol. The van der Waals surface area contributed by atoms with Crippen molar-refractivity contribution >= 4 is 69.1 Å². The smallest absolute Gasteiger partial charge is 0.250 e. The second-order valence-corrected chi connectivity index (χ2v) is 10.7. The van der Waals surface area contributed by atoms with Gasteiger partial charge in [-0.05, 0) is 40.3 Å². The summed E-state index contributed by atoms with van der Waals surface area (Å²) in [5, 5.41) is 17.0. The number of amides is 1. The van der Waals surface area contributed by atoms with Crippen molar-refractivity contribution in [3.63, 3.8) is 0 Å². The molecule has 30 heavy (non-hydrogen) atoms. The van der Waals surface area contributed by atoms with Gasteiger partial charge in [0.15, 0.2) is 8.68 Å². The van der Waals surface area contributed by atoms with E-state index in [0.717, 1.165) is 24.9 Å². The third-order valence-corrected chi connectivity index (χ3v) is 8.41. The van der Waals surface area contributed by atoms with Crippen LogP contribution in [0.4, 0.5) is 0 Å². The molecular weight excluding hydrogens is 453 g/mol. The minimum atomic E-state index is -0.161. The summed E-state index contributed by atoms with van der Waals surface area (Å²) >= 11 is 6.14. The van der Waals surface area contributed by atoms with Gasteiger partial charge in [-0.1, -0.05) is 77.3 Å². The molecule has 0 bridgehead atoms. The molecule has 0 radical (unpaired) electrons. The fourth-order valence-electron chi connectivity index (χ4n) is 2.71. The van der Waals surface area contributed by atoms with E-state index in [1.54, 1.807) is 29.3 Å². The summed E-state index contributed by atoms with van der Waals surface area (Å²) in [7, 11) is 0. The summed E-state index contributed by atoms with van der Waals surface area (Å²) in [6.45, 7) is 2.01. The van der Waals surface area contributed by atoms with Crippen LogP contribution in [-0.4, -0.2) is 28.1 Å². The summed E-state index contributed by atoms with van der Waals surface area (Å²) in [5.41, 5.74) is 4.98. The number of thiophene rings is 1. The lowest BCUT2D eigenvalue weighted by Gasteiger charge is -2.04. The Kier molecular flexibility index (Phi) is 7.16. The Morgan fingerprint density at radius 3 is 2.73 bits per heavy atom. The van der Waals surface area contributed by atoms with Crippen molar-refractivity contribution in [2.45, 2.75) is 21.4 Å². The minimum absolute atomic E-state index is 0.161. The molecule has 1 N–H and O–H groups in total. The molecule has 1 amide bonds. The fraction of sp³-hybridized carbons (Fsp3) is 0.143. The number of thioether (sulfide) groups is 2. The first kappa shape index (κ1) is 21.0. The number of nitrogens with zero attached hydrogens (tertiary/aromatic N) is 3. The van der Waals surface area contributed by atoms with Gasteiger partial charge < -0.3 is 0 Å². The van der Waals surface area contributed by atoms with Gasteiger partial charge in [0.2, 0.25) is 0 Å². The van der Waals surface area contributed by atoms with Gasteiger partial charge in [-0.3, -0.25) is 4.79 Å². The number of hydrazone groups is 1. The van der Waals surface area contributed by atoms with Gasteiger partial charge in [-0.2, -0.15) is 5.10 Å². The highest BCUT2D eigenvalue weighted by Crippen LogP contribution is 2.32. The van der Waals surface area contributed by atoms with Gasteiger partial charge in [0, 0.05) is 10.6 Å². The zero-order chi connectivity index (χ0) is 20.8. The van der Waals surface area contributed by atoms with Crippen LogP contribution in [0, 0.1) is 6.92 Å². The Morgan fingerprint density at radius 1 is 1.10 bits per heavy atom. The monoisotopic (exact) mass is 470 g/mol. The first-order chi connectivity index (χ1) is 14.7. The second kappa shape index (κ2) is 10.2. The average Bonchev–Trinajstić information content (AvgIpc) is 3.39. The van der Waals surface area contributed by atoms with Crippen molar-refractivity contribution in [1.82, 2.24) is 15.6 Å². The molecule has 9 heteroatoms. The summed E-state index contributed by atoms with van der Waals surface area (Å²) in [6.07, 6.45) is 1.68. The zero-order valence-corrected chi connectivity index (χ0v) is 19.3. The third-order valence-electron chi connectivity index (χ3n) is 4.22. The van der Waals surface area contributed by atoms with E-state index in [1.165, 1.54) is 39.4 Å².